The van der Waals surface area contributed by atoms with Crippen LogP contribution in [0.15, 0.2) is 42.5 Å². The molecule has 0 aliphatic carbocycles. The first-order valence-corrected chi connectivity index (χ1v) is 9.06. The number of fused-ring (bicyclic) bond motifs is 1. The van der Waals surface area contributed by atoms with Crippen LogP contribution in [0.2, 0.25) is 0 Å². The average molecular weight is 409 g/mol. The topological polar surface area (TPSA) is 122 Å². The normalized spacial score (nSPS) is 13.5. The Hall–Kier alpha value is -4.01. The fraction of sp³-hybridized carbons (Fsp3) is 0.190. The number of carbonyl (C=O) groups excluding carboxylic acids is 5. The summed E-state index contributed by atoms with van der Waals surface area (Å²) in [5, 5.41) is 4.21. The van der Waals surface area contributed by atoms with Gasteiger partial charge in [0, 0.05) is 7.05 Å². The summed E-state index contributed by atoms with van der Waals surface area (Å²) in [6, 6.07) is 10.2. The van der Waals surface area contributed by atoms with Gasteiger partial charge in [0.1, 0.15) is 0 Å². The first kappa shape index (κ1) is 20.7. The maximum absolute atomic E-state index is 12.9. The number of urea groups is 1. The van der Waals surface area contributed by atoms with Crippen molar-refractivity contribution in [1.82, 2.24) is 10.6 Å². The minimum atomic E-state index is -1.25. The molecule has 3 rings (SSSR count). The molecule has 154 valence electrons. The highest BCUT2D eigenvalue weighted by atomic mass is 16.5. The van der Waals surface area contributed by atoms with Crippen molar-refractivity contribution in [2.24, 2.45) is 0 Å². The Balaban J connectivity index is 1.81. The van der Waals surface area contributed by atoms with Crippen LogP contribution < -0.4 is 15.5 Å². The zero-order valence-electron chi connectivity index (χ0n) is 16.5. The van der Waals surface area contributed by atoms with Crippen LogP contribution in [0.5, 0.6) is 0 Å². The lowest BCUT2D eigenvalue weighted by molar-refractivity contribution is -0.127. The fourth-order valence-electron chi connectivity index (χ4n) is 2.96. The van der Waals surface area contributed by atoms with Crippen LogP contribution >= 0.6 is 0 Å². The quantitative estimate of drug-likeness (QED) is 0.587. The summed E-state index contributed by atoms with van der Waals surface area (Å²) in [6.45, 7) is 3.09. The van der Waals surface area contributed by atoms with Crippen LogP contribution in [0, 0.1) is 6.92 Å². The van der Waals surface area contributed by atoms with Crippen LogP contribution in [-0.4, -0.2) is 42.9 Å². The van der Waals surface area contributed by atoms with Crippen LogP contribution in [-0.2, 0) is 9.53 Å². The predicted octanol–water partition coefficient (Wildman–Crippen LogP) is 1.80. The highest BCUT2D eigenvalue weighted by molar-refractivity contribution is 6.35. The van der Waals surface area contributed by atoms with Crippen molar-refractivity contribution in [2.75, 3.05) is 11.9 Å². The molecule has 0 radical (unpaired) electrons. The largest absolute Gasteiger partial charge is 0.449 e. The number of anilines is 1. The number of imide groups is 2. The molecule has 1 heterocycles. The monoisotopic (exact) mass is 409 g/mol. The average Bonchev–Trinajstić information content (AvgIpc) is 2.98. The number of rotatable bonds is 4. The molecule has 0 bridgehead atoms. The van der Waals surface area contributed by atoms with Gasteiger partial charge in [-0.25, -0.2) is 14.5 Å². The van der Waals surface area contributed by atoms with Gasteiger partial charge >= 0.3 is 12.0 Å². The van der Waals surface area contributed by atoms with E-state index in [1.54, 1.807) is 31.2 Å². The van der Waals surface area contributed by atoms with Crippen LogP contribution in [0.25, 0.3) is 0 Å². The molecule has 0 fully saturated rings. The molecule has 2 aromatic rings. The molecule has 30 heavy (non-hydrogen) atoms. The standard InChI is InChI=1S/C21H19N3O6/c1-11-6-4-5-7-16(11)24-18(26)14-9-8-13(10-15(14)19(24)27)20(28)30-12(2)17(25)23-21(29)22-3/h4-10,12H,1-3H3,(H2,22,23,25,29). The van der Waals surface area contributed by atoms with Gasteiger partial charge in [-0.3, -0.25) is 19.7 Å². The Labute approximate surface area is 172 Å². The molecule has 0 spiro atoms. The van der Waals surface area contributed by atoms with Gasteiger partial charge < -0.3 is 10.1 Å². The van der Waals surface area contributed by atoms with E-state index in [0.29, 0.717) is 5.69 Å². The van der Waals surface area contributed by atoms with E-state index in [1.165, 1.54) is 32.2 Å². The lowest BCUT2D eigenvalue weighted by Crippen LogP contribution is -2.43. The second-order valence-corrected chi connectivity index (χ2v) is 6.61. The minimum absolute atomic E-state index is 0.00104. The smallest absolute Gasteiger partial charge is 0.338 e. The van der Waals surface area contributed by atoms with Gasteiger partial charge in [-0.15, -0.1) is 0 Å². The summed E-state index contributed by atoms with van der Waals surface area (Å²) >= 11 is 0. The number of hydrogen-bond donors (Lipinski definition) is 2. The Kier molecular flexibility index (Phi) is 5.63. The van der Waals surface area contributed by atoms with E-state index < -0.39 is 35.8 Å². The highest BCUT2D eigenvalue weighted by Gasteiger charge is 2.38. The first-order chi connectivity index (χ1) is 14.2. The summed E-state index contributed by atoms with van der Waals surface area (Å²) in [4.78, 5) is 62.1. The summed E-state index contributed by atoms with van der Waals surface area (Å²) in [5.41, 5.74) is 1.46. The lowest BCUT2D eigenvalue weighted by atomic mass is 10.1. The van der Waals surface area contributed by atoms with Crippen molar-refractivity contribution in [3.05, 3.63) is 64.7 Å². The van der Waals surface area contributed by atoms with Crippen molar-refractivity contribution in [3.63, 3.8) is 0 Å². The third-order valence-electron chi connectivity index (χ3n) is 4.60. The number of amides is 5. The number of para-hydroxylation sites is 1. The van der Waals surface area contributed by atoms with Gasteiger partial charge in [0.15, 0.2) is 6.10 Å². The molecule has 1 atom stereocenters. The van der Waals surface area contributed by atoms with Gasteiger partial charge in [-0.2, -0.15) is 0 Å². The van der Waals surface area contributed by atoms with E-state index in [9.17, 15) is 24.0 Å². The van der Waals surface area contributed by atoms with Gasteiger partial charge in [0.25, 0.3) is 17.7 Å². The number of carbonyl (C=O) groups is 5. The molecule has 9 nitrogen and oxygen atoms in total. The number of nitrogens with zero attached hydrogens (tertiary/aromatic N) is 1. The second-order valence-electron chi connectivity index (χ2n) is 6.61. The van der Waals surface area contributed by atoms with Crippen LogP contribution in [0.4, 0.5) is 10.5 Å². The third kappa shape index (κ3) is 3.77. The number of aryl methyl sites for hydroxylation is 1. The Bertz CT molecular complexity index is 1080. The molecule has 9 heteroatoms. The molecule has 2 N–H and O–H groups in total. The maximum Gasteiger partial charge on any atom is 0.338 e. The van der Waals surface area contributed by atoms with E-state index in [2.05, 4.69) is 5.32 Å². The molecule has 0 saturated carbocycles. The Morgan fingerprint density at radius 1 is 1.00 bits per heavy atom. The van der Waals surface area contributed by atoms with Crippen molar-refractivity contribution in [3.8, 4) is 0 Å². The summed E-state index contributed by atoms with van der Waals surface area (Å²) < 4.78 is 5.06. The molecule has 0 aromatic heterocycles. The molecular weight excluding hydrogens is 390 g/mol. The molecule has 5 amide bonds. The molecule has 1 unspecified atom stereocenters. The number of benzene rings is 2. The molecule has 1 aliphatic heterocycles. The summed E-state index contributed by atoms with van der Waals surface area (Å²) in [5.74, 6) is -2.71. The highest BCUT2D eigenvalue weighted by Crippen LogP contribution is 2.31. The summed E-state index contributed by atoms with van der Waals surface area (Å²) in [6.07, 6.45) is -1.25. The SMILES string of the molecule is CNC(=O)NC(=O)C(C)OC(=O)c1ccc2c(c1)C(=O)N(c1ccccc1C)C2=O. The molecule has 2 aromatic carbocycles. The van der Waals surface area contributed by atoms with Gasteiger partial charge in [-0.1, -0.05) is 18.2 Å². The zero-order valence-corrected chi connectivity index (χ0v) is 16.5. The number of ether oxygens (including phenoxy) is 1. The van der Waals surface area contributed by atoms with Crippen molar-refractivity contribution < 1.29 is 28.7 Å². The predicted molar refractivity (Wildman–Crippen MR) is 106 cm³/mol. The van der Waals surface area contributed by atoms with E-state index in [4.69, 9.17) is 4.74 Å². The maximum atomic E-state index is 12.9. The second kappa shape index (κ2) is 8.16. The van der Waals surface area contributed by atoms with Gasteiger partial charge in [-0.05, 0) is 43.7 Å². The van der Waals surface area contributed by atoms with Crippen LogP contribution in [0.1, 0.15) is 43.6 Å². The van der Waals surface area contributed by atoms with Crippen molar-refractivity contribution in [2.45, 2.75) is 20.0 Å². The van der Waals surface area contributed by atoms with Crippen molar-refractivity contribution in [1.29, 1.82) is 0 Å². The Morgan fingerprint density at radius 2 is 1.67 bits per heavy atom. The lowest BCUT2D eigenvalue weighted by Gasteiger charge is -2.16. The molecule has 0 saturated heterocycles. The fourth-order valence-corrected chi connectivity index (χ4v) is 2.96. The van der Waals surface area contributed by atoms with Gasteiger partial charge in [0.2, 0.25) is 0 Å². The van der Waals surface area contributed by atoms with E-state index >= 15 is 0 Å². The van der Waals surface area contributed by atoms with E-state index in [0.717, 1.165) is 10.5 Å². The summed E-state index contributed by atoms with van der Waals surface area (Å²) in [7, 11) is 1.34. The minimum Gasteiger partial charge on any atom is -0.449 e. The third-order valence-corrected chi connectivity index (χ3v) is 4.60. The molecular formula is C21H19N3O6. The molecule has 1 aliphatic rings. The number of nitrogens with one attached hydrogen (secondary N) is 2. The number of hydrogen-bond acceptors (Lipinski definition) is 6. The van der Waals surface area contributed by atoms with E-state index in [1.807, 2.05) is 5.32 Å². The number of esters is 1. The van der Waals surface area contributed by atoms with Gasteiger partial charge in [0.05, 0.1) is 22.4 Å². The zero-order chi connectivity index (χ0) is 22.0. The first-order valence-electron chi connectivity index (χ1n) is 9.06. The Morgan fingerprint density at radius 3 is 2.33 bits per heavy atom. The van der Waals surface area contributed by atoms with Crippen LogP contribution in [0.3, 0.4) is 0 Å². The van der Waals surface area contributed by atoms with Crippen molar-refractivity contribution >= 4 is 35.4 Å². The van der Waals surface area contributed by atoms with E-state index in [-0.39, 0.29) is 16.7 Å².